The zero-order chi connectivity index (χ0) is 3.70. The Morgan fingerprint density at radius 2 is 2.33 bits per heavy atom. The summed E-state index contributed by atoms with van der Waals surface area (Å²) in [6.07, 6.45) is 0.190. The molecule has 6 heavy (non-hydrogen) atoms. The first kappa shape index (κ1) is 6.14. The quantitative estimate of drug-likeness (QED) is 0.307. The molecule has 1 aliphatic rings. The lowest BCUT2D eigenvalue weighted by atomic mass is 10.5. The molecular weight excluding hydrogens is 96.1 g/mol. The summed E-state index contributed by atoms with van der Waals surface area (Å²) >= 11 is 0. The Balaban J connectivity index is 0.000000250. The van der Waals surface area contributed by atoms with Crippen molar-refractivity contribution < 1.29 is 9.84 Å². The smallest absolute Gasteiger partial charge is 0.104 e. The third kappa shape index (κ3) is 1.54. The van der Waals surface area contributed by atoms with Gasteiger partial charge in [0.05, 0.1) is 13.2 Å². The lowest BCUT2D eigenvalue weighted by molar-refractivity contribution is 0.244. The molecule has 0 aromatic rings. The largest absolute Gasteiger partial charge is 0.394 e. The maximum Gasteiger partial charge on any atom is 0.104 e. The lowest BCUT2D eigenvalue weighted by Crippen LogP contribution is -1.88. The maximum absolute atomic E-state index is 8.08. The molecule has 38 valence electrons. The summed E-state index contributed by atoms with van der Waals surface area (Å²) in [5, 5.41) is 8.08. The van der Waals surface area contributed by atoms with Crippen molar-refractivity contribution in [2.45, 2.75) is 6.10 Å². The molecule has 1 unspecified atom stereocenters. The molecule has 3 heteroatoms. The number of ether oxygens (including phenoxy) is 1. The zero-order valence-corrected chi connectivity index (χ0v) is 2.85. The number of epoxide rings is 1. The van der Waals surface area contributed by atoms with Gasteiger partial charge in [-0.3, -0.25) is 0 Å². The van der Waals surface area contributed by atoms with E-state index in [9.17, 15) is 0 Å². The van der Waals surface area contributed by atoms with E-state index in [-0.39, 0.29) is 23.7 Å². The molecule has 1 N–H and O–H groups in total. The molecule has 0 aromatic carbocycles. The topological polar surface area (TPSA) is 32.8 Å². The first-order valence-electron chi connectivity index (χ1n) is 1.66. The van der Waals surface area contributed by atoms with Gasteiger partial charge in [-0.1, -0.05) is 0 Å². The van der Waals surface area contributed by atoms with Crippen molar-refractivity contribution in [2.24, 2.45) is 0 Å². The van der Waals surface area contributed by atoms with Crippen LogP contribution in [0.3, 0.4) is 0 Å². The number of hydrogen-bond donors (Lipinski definition) is 1. The van der Waals surface area contributed by atoms with Crippen LogP contribution >= 0.6 is 0 Å². The van der Waals surface area contributed by atoms with Crippen LogP contribution in [0.2, 0.25) is 0 Å². The van der Waals surface area contributed by atoms with Gasteiger partial charge in [-0.15, -0.1) is 0 Å². The minimum absolute atomic E-state index is 0. The van der Waals surface area contributed by atoms with E-state index >= 15 is 0 Å². The van der Waals surface area contributed by atoms with Crippen LogP contribution in [0.5, 0.6) is 0 Å². The van der Waals surface area contributed by atoms with E-state index in [2.05, 4.69) is 4.74 Å². The van der Waals surface area contributed by atoms with Gasteiger partial charge in [0, 0.05) is 0 Å². The molecule has 1 aliphatic heterocycles. The van der Waals surface area contributed by atoms with Crippen molar-refractivity contribution >= 4 is 11.0 Å². The van der Waals surface area contributed by atoms with Crippen LogP contribution < -0.4 is 0 Å². The van der Waals surface area contributed by atoms with E-state index in [1.54, 1.807) is 0 Å². The van der Waals surface area contributed by atoms with Gasteiger partial charge in [-0.2, -0.15) is 0 Å². The highest BCUT2D eigenvalue weighted by Gasteiger charge is 2.19. The molecule has 1 fully saturated rings. The van der Waals surface area contributed by atoms with Crippen molar-refractivity contribution in [3.05, 3.63) is 0 Å². The van der Waals surface area contributed by atoms with Crippen molar-refractivity contribution in [1.29, 1.82) is 0 Å². The average molecular weight is 106 g/mol. The van der Waals surface area contributed by atoms with Gasteiger partial charge in [-0.05, 0) is 11.0 Å². The van der Waals surface area contributed by atoms with Crippen LogP contribution in [0.15, 0.2) is 0 Å². The molecular formula is C3H10O2Si. The number of rotatable bonds is 1. The highest BCUT2D eigenvalue weighted by Crippen LogP contribution is 2.04. The minimum Gasteiger partial charge on any atom is -0.394 e. The molecule has 0 radical (unpaired) electrons. The fraction of sp³-hybridized carbons (Fsp3) is 1.00. The van der Waals surface area contributed by atoms with Crippen LogP contribution in [0.4, 0.5) is 0 Å². The number of hydrogen-bond acceptors (Lipinski definition) is 2. The Kier molecular flexibility index (Phi) is 2.39. The summed E-state index contributed by atoms with van der Waals surface area (Å²) in [5.74, 6) is 0. The molecule has 0 saturated carbocycles. The van der Waals surface area contributed by atoms with Gasteiger partial charge in [-0.25, -0.2) is 0 Å². The van der Waals surface area contributed by atoms with Crippen molar-refractivity contribution in [3.8, 4) is 0 Å². The van der Waals surface area contributed by atoms with E-state index in [1.807, 2.05) is 0 Å². The molecule has 2 nitrogen and oxygen atoms in total. The minimum atomic E-state index is 0. The first-order valence-corrected chi connectivity index (χ1v) is 1.66. The van der Waals surface area contributed by atoms with Gasteiger partial charge >= 0.3 is 0 Å². The molecule has 0 spiro atoms. The second kappa shape index (κ2) is 2.33. The van der Waals surface area contributed by atoms with Gasteiger partial charge in [0.15, 0.2) is 0 Å². The van der Waals surface area contributed by atoms with E-state index < -0.39 is 0 Å². The Morgan fingerprint density at radius 1 is 1.83 bits per heavy atom. The number of aliphatic hydroxyl groups excluding tert-OH is 1. The first-order chi connectivity index (χ1) is 2.43. The Morgan fingerprint density at radius 3 is 2.33 bits per heavy atom. The molecule has 1 saturated heterocycles. The monoisotopic (exact) mass is 106 g/mol. The Hall–Kier alpha value is 0.137. The van der Waals surface area contributed by atoms with Gasteiger partial charge < -0.3 is 9.84 Å². The van der Waals surface area contributed by atoms with Gasteiger partial charge in [0.2, 0.25) is 0 Å². The second-order valence-corrected chi connectivity index (χ2v) is 1.14. The third-order valence-electron chi connectivity index (χ3n) is 0.606. The predicted octanol–water partition coefficient (Wildman–Crippen LogP) is -2.07. The highest BCUT2D eigenvalue weighted by atomic mass is 28.1. The fourth-order valence-corrected chi connectivity index (χ4v) is 0.173. The summed E-state index contributed by atoms with van der Waals surface area (Å²) in [4.78, 5) is 0. The van der Waals surface area contributed by atoms with Gasteiger partial charge in [0.25, 0.3) is 0 Å². The summed E-state index contributed by atoms with van der Waals surface area (Å²) in [6, 6.07) is 0. The van der Waals surface area contributed by atoms with Crippen LogP contribution in [-0.4, -0.2) is 35.4 Å². The zero-order valence-electron chi connectivity index (χ0n) is 2.85. The summed E-state index contributed by atoms with van der Waals surface area (Å²) in [5.41, 5.74) is 0. The highest BCUT2D eigenvalue weighted by molar-refractivity contribution is 5.75. The molecule has 1 heterocycles. The molecule has 0 amide bonds. The standard InChI is InChI=1S/C3H6O2.H4Si/c4-1-3-2-5-3;/h3-4H,1-2H2;1H4. The Bertz CT molecular complexity index is 35.8. The fourth-order valence-electron chi connectivity index (χ4n) is 0.173. The maximum atomic E-state index is 8.08. The SMILES string of the molecule is OCC1CO1.[SiH4]. The second-order valence-electron chi connectivity index (χ2n) is 1.14. The summed E-state index contributed by atoms with van der Waals surface area (Å²) < 4.78 is 4.61. The van der Waals surface area contributed by atoms with Crippen LogP contribution in [0, 0.1) is 0 Å². The predicted molar refractivity (Wildman–Crippen MR) is 28.2 cm³/mol. The molecule has 1 rings (SSSR count). The molecule has 1 atom stereocenters. The molecule has 0 aromatic heterocycles. The van der Waals surface area contributed by atoms with Crippen LogP contribution in [-0.2, 0) is 4.74 Å². The van der Waals surface area contributed by atoms with E-state index in [0.29, 0.717) is 0 Å². The van der Waals surface area contributed by atoms with E-state index in [0.717, 1.165) is 6.61 Å². The van der Waals surface area contributed by atoms with E-state index in [1.165, 1.54) is 0 Å². The molecule has 0 aliphatic carbocycles. The van der Waals surface area contributed by atoms with Gasteiger partial charge in [0.1, 0.15) is 6.10 Å². The molecule has 0 bridgehead atoms. The summed E-state index contributed by atoms with van der Waals surface area (Å²) in [6.45, 7) is 0.955. The van der Waals surface area contributed by atoms with Crippen LogP contribution in [0.25, 0.3) is 0 Å². The van der Waals surface area contributed by atoms with Crippen molar-refractivity contribution in [1.82, 2.24) is 0 Å². The van der Waals surface area contributed by atoms with Crippen LogP contribution in [0.1, 0.15) is 0 Å². The third-order valence-corrected chi connectivity index (χ3v) is 0.606. The summed E-state index contributed by atoms with van der Waals surface area (Å²) in [7, 11) is 0. The van der Waals surface area contributed by atoms with Crippen molar-refractivity contribution in [2.75, 3.05) is 13.2 Å². The van der Waals surface area contributed by atoms with Crippen molar-refractivity contribution in [3.63, 3.8) is 0 Å². The Labute approximate surface area is 41.1 Å². The average Bonchev–Trinajstić information content (AvgIpc) is 2.12. The normalized spacial score (nSPS) is 28.5. The van der Waals surface area contributed by atoms with E-state index in [4.69, 9.17) is 5.11 Å². The lowest BCUT2D eigenvalue weighted by Gasteiger charge is -1.70. The number of aliphatic hydroxyl groups is 1.